The molecule has 2 atom stereocenters. The van der Waals surface area contributed by atoms with Crippen LogP contribution in [0.1, 0.15) is 12.8 Å². The number of likely N-dealkylation sites (tertiary alicyclic amines) is 1. The average Bonchev–Trinajstić information content (AvgIpc) is 2.30. The van der Waals surface area contributed by atoms with Gasteiger partial charge in [-0.25, -0.2) is 0 Å². The molecule has 0 amide bonds. The first-order valence-electron chi connectivity index (χ1n) is 4.51. The molecule has 5 heteroatoms. The molecular formula is C8H17N3O2. The highest BCUT2D eigenvalue weighted by atomic mass is 16.3. The molecule has 5 N–H and O–H groups in total. The van der Waals surface area contributed by atoms with Crippen LogP contribution < -0.4 is 5.73 Å². The van der Waals surface area contributed by atoms with Gasteiger partial charge < -0.3 is 15.9 Å². The predicted octanol–water partition coefficient (Wildman–Crippen LogP) is -1.26. The van der Waals surface area contributed by atoms with E-state index in [-0.39, 0.29) is 5.84 Å². The average molecular weight is 187 g/mol. The molecule has 1 rings (SSSR count). The van der Waals surface area contributed by atoms with Crippen molar-refractivity contribution in [3.05, 3.63) is 0 Å². The molecule has 1 saturated heterocycles. The third kappa shape index (κ3) is 3.30. The molecule has 1 heterocycles. The number of amidine groups is 1. The zero-order chi connectivity index (χ0) is 9.84. The van der Waals surface area contributed by atoms with Gasteiger partial charge in [0, 0.05) is 19.5 Å². The lowest BCUT2D eigenvalue weighted by atomic mass is 10.3. The normalized spacial score (nSPS) is 29.4. The van der Waals surface area contributed by atoms with Gasteiger partial charge in [-0.1, -0.05) is 0 Å². The number of aliphatic hydroxyl groups excluding tert-OH is 2. The Morgan fingerprint density at radius 3 is 2.38 bits per heavy atom. The van der Waals surface area contributed by atoms with Crippen LogP contribution in [0.5, 0.6) is 0 Å². The molecule has 1 aliphatic rings. The monoisotopic (exact) mass is 187 g/mol. The highest BCUT2D eigenvalue weighted by Gasteiger charge is 2.28. The second-order valence-corrected chi connectivity index (χ2v) is 3.52. The van der Waals surface area contributed by atoms with E-state index in [0.717, 1.165) is 13.0 Å². The van der Waals surface area contributed by atoms with E-state index < -0.39 is 12.2 Å². The Morgan fingerprint density at radius 1 is 1.38 bits per heavy atom. The SMILES string of the molecule is N=C(N)CCCN1CC(O)C(O)C1. The molecule has 0 radical (unpaired) electrons. The Hall–Kier alpha value is -0.650. The summed E-state index contributed by atoms with van der Waals surface area (Å²) in [5.41, 5.74) is 5.20. The van der Waals surface area contributed by atoms with Gasteiger partial charge in [-0.2, -0.15) is 0 Å². The van der Waals surface area contributed by atoms with E-state index in [9.17, 15) is 10.2 Å². The molecule has 2 unspecified atom stereocenters. The molecule has 13 heavy (non-hydrogen) atoms. The van der Waals surface area contributed by atoms with Gasteiger partial charge in [0.2, 0.25) is 0 Å². The third-order valence-corrected chi connectivity index (χ3v) is 2.26. The maximum absolute atomic E-state index is 9.22. The lowest BCUT2D eigenvalue weighted by Crippen LogP contribution is -2.24. The van der Waals surface area contributed by atoms with Crippen molar-refractivity contribution in [1.29, 1.82) is 5.41 Å². The number of β-amino-alcohol motifs (C(OH)–C–C–N with tert-alkyl or cyclic N) is 2. The first kappa shape index (κ1) is 10.4. The molecule has 1 aliphatic heterocycles. The number of nitrogens with one attached hydrogen (secondary N) is 1. The van der Waals surface area contributed by atoms with Gasteiger partial charge in [0.1, 0.15) is 0 Å². The summed E-state index contributed by atoms with van der Waals surface area (Å²) in [6.07, 6.45) is 0.173. The molecule has 0 aromatic rings. The molecule has 1 fully saturated rings. The van der Waals surface area contributed by atoms with Crippen LogP contribution in [0, 0.1) is 5.41 Å². The number of rotatable bonds is 4. The van der Waals surface area contributed by atoms with E-state index in [1.165, 1.54) is 0 Å². The Bertz CT molecular complexity index is 176. The Morgan fingerprint density at radius 2 is 1.92 bits per heavy atom. The van der Waals surface area contributed by atoms with Crippen molar-refractivity contribution >= 4 is 5.84 Å². The minimum absolute atomic E-state index is 0.195. The summed E-state index contributed by atoms with van der Waals surface area (Å²) >= 11 is 0. The van der Waals surface area contributed by atoms with Gasteiger partial charge in [-0.05, 0) is 13.0 Å². The standard InChI is InChI=1S/C8H17N3O2/c9-8(10)2-1-3-11-4-6(12)7(13)5-11/h6-7,12-13H,1-5H2,(H3,9,10). The smallest absolute Gasteiger partial charge is 0.0938 e. The van der Waals surface area contributed by atoms with Crippen LogP contribution in [-0.2, 0) is 0 Å². The summed E-state index contributed by atoms with van der Waals surface area (Å²) in [5.74, 6) is 0.195. The topological polar surface area (TPSA) is 93.6 Å². The summed E-state index contributed by atoms with van der Waals surface area (Å²) in [6, 6.07) is 0. The van der Waals surface area contributed by atoms with Gasteiger partial charge >= 0.3 is 0 Å². The second kappa shape index (κ2) is 4.55. The van der Waals surface area contributed by atoms with E-state index in [1.54, 1.807) is 0 Å². The van der Waals surface area contributed by atoms with Crippen LogP contribution in [0.25, 0.3) is 0 Å². The summed E-state index contributed by atoms with van der Waals surface area (Å²) in [5, 5.41) is 25.4. The largest absolute Gasteiger partial charge is 0.389 e. The third-order valence-electron chi connectivity index (χ3n) is 2.26. The Kier molecular flexibility index (Phi) is 3.65. The molecule has 0 saturated carbocycles. The fraction of sp³-hybridized carbons (Fsp3) is 0.875. The molecule has 0 aromatic heterocycles. The molecule has 0 aliphatic carbocycles. The first-order valence-corrected chi connectivity index (χ1v) is 4.51. The zero-order valence-electron chi connectivity index (χ0n) is 7.61. The Labute approximate surface area is 77.7 Å². The van der Waals surface area contributed by atoms with E-state index in [2.05, 4.69) is 0 Å². The van der Waals surface area contributed by atoms with Crippen molar-refractivity contribution < 1.29 is 10.2 Å². The molecule has 0 aromatic carbocycles. The van der Waals surface area contributed by atoms with Crippen LogP contribution >= 0.6 is 0 Å². The van der Waals surface area contributed by atoms with E-state index in [4.69, 9.17) is 11.1 Å². The fourth-order valence-electron chi connectivity index (χ4n) is 1.52. The van der Waals surface area contributed by atoms with Crippen LogP contribution in [0.15, 0.2) is 0 Å². The number of nitrogens with two attached hydrogens (primary N) is 1. The summed E-state index contributed by atoms with van der Waals surface area (Å²) in [6.45, 7) is 1.84. The van der Waals surface area contributed by atoms with Gasteiger partial charge in [0.05, 0.1) is 18.0 Å². The van der Waals surface area contributed by atoms with Gasteiger partial charge in [-0.3, -0.25) is 10.3 Å². The number of nitrogens with zero attached hydrogens (tertiary/aromatic N) is 1. The molecule has 0 bridgehead atoms. The molecule has 76 valence electrons. The maximum atomic E-state index is 9.22. The minimum atomic E-state index is -0.614. The number of hydrogen-bond donors (Lipinski definition) is 4. The summed E-state index contributed by atoms with van der Waals surface area (Å²) in [7, 11) is 0. The van der Waals surface area contributed by atoms with Crippen LogP contribution in [0.3, 0.4) is 0 Å². The zero-order valence-corrected chi connectivity index (χ0v) is 7.61. The lowest BCUT2D eigenvalue weighted by Gasteiger charge is -2.13. The fourth-order valence-corrected chi connectivity index (χ4v) is 1.52. The van der Waals surface area contributed by atoms with Crippen molar-refractivity contribution in [3.8, 4) is 0 Å². The maximum Gasteiger partial charge on any atom is 0.0938 e. The molecule has 5 nitrogen and oxygen atoms in total. The van der Waals surface area contributed by atoms with Gasteiger partial charge in [0.15, 0.2) is 0 Å². The number of hydrogen-bond acceptors (Lipinski definition) is 4. The van der Waals surface area contributed by atoms with Crippen LogP contribution in [-0.4, -0.2) is 52.8 Å². The molecular weight excluding hydrogens is 170 g/mol. The Balaban J connectivity index is 2.13. The summed E-state index contributed by atoms with van der Waals surface area (Å²) in [4.78, 5) is 1.98. The highest BCUT2D eigenvalue weighted by molar-refractivity contribution is 5.76. The minimum Gasteiger partial charge on any atom is -0.389 e. The summed E-state index contributed by atoms with van der Waals surface area (Å²) < 4.78 is 0. The lowest BCUT2D eigenvalue weighted by molar-refractivity contribution is 0.0572. The van der Waals surface area contributed by atoms with Gasteiger partial charge in [-0.15, -0.1) is 0 Å². The van der Waals surface area contributed by atoms with Crippen molar-refractivity contribution in [1.82, 2.24) is 4.90 Å². The van der Waals surface area contributed by atoms with E-state index in [1.807, 2.05) is 4.90 Å². The van der Waals surface area contributed by atoms with Gasteiger partial charge in [0.25, 0.3) is 0 Å². The predicted molar refractivity (Wildman–Crippen MR) is 49.6 cm³/mol. The second-order valence-electron chi connectivity index (χ2n) is 3.52. The van der Waals surface area contributed by atoms with E-state index >= 15 is 0 Å². The quantitative estimate of drug-likeness (QED) is 0.326. The first-order chi connectivity index (χ1) is 6.09. The molecule has 0 spiro atoms. The van der Waals surface area contributed by atoms with E-state index in [0.29, 0.717) is 19.5 Å². The van der Waals surface area contributed by atoms with Crippen LogP contribution in [0.2, 0.25) is 0 Å². The highest BCUT2D eigenvalue weighted by Crippen LogP contribution is 2.10. The number of aliphatic hydroxyl groups is 2. The van der Waals surface area contributed by atoms with Crippen molar-refractivity contribution in [3.63, 3.8) is 0 Å². The van der Waals surface area contributed by atoms with Crippen molar-refractivity contribution in [2.75, 3.05) is 19.6 Å². The van der Waals surface area contributed by atoms with Crippen molar-refractivity contribution in [2.45, 2.75) is 25.0 Å². The van der Waals surface area contributed by atoms with Crippen LogP contribution in [0.4, 0.5) is 0 Å². The van der Waals surface area contributed by atoms with Crippen molar-refractivity contribution in [2.24, 2.45) is 5.73 Å².